The molecule has 0 saturated heterocycles. The SMILES string of the molecule is CC(C)(C)c1cc(C(=O)c2occc2I)cc(C(C)(C)C)c1O. The van der Waals surface area contributed by atoms with Gasteiger partial charge in [0.1, 0.15) is 5.75 Å². The van der Waals surface area contributed by atoms with Crippen molar-refractivity contribution in [2.45, 2.75) is 52.4 Å². The van der Waals surface area contributed by atoms with Crippen LogP contribution in [0.5, 0.6) is 5.75 Å². The largest absolute Gasteiger partial charge is 0.507 e. The Labute approximate surface area is 151 Å². The molecule has 1 heterocycles. The molecule has 0 unspecified atom stereocenters. The smallest absolute Gasteiger partial charge is 0.229 e. The van der Waals surface area contributed by atoms with E-state index in [2.05, 4.69) is 22.6 Å². The molecule has 1 aromatic carbocycles. The fourth-order valence-electron chi connectivity index (χ4n) is 2.50. The molecule has 0 radical (unpaired) electrons. The quantitative estimate of drug-likeness (QED) is 0.516. The lowest BCUT2D eigenvalue weighted by Gasteiger charge is -2.28. The maximum atomic E-state index is 12.8. The van der Waals surface area contributed by atoms with E-state index in [1.165, 1.54) is 6.26 Å². The highest BCUT2D eigenvalue weighted by molar-refractivity contribution is 14.1. The lowest BCUT2D eigenvalue weighted by molar-refractivity contribution is 0.101. The molecule has 0 saturated carbocycles. The summed E-state index contributed by atoms with van der Waals surface area (Å²) in [5.74, 6) is 0.460. The van der Waals surface area contributed by atoms with Crippen molar-refractivity contribution in [2.24, 2.45) is 0 Å². The van der Waals surface area contributed by atoms with Gasteiger partial charge in [0.25, 0.3) is 0 Å². The maximum Gasteiger partial charge on any atom is 0.229 e. The molecule has 0 fully saturated rings. The molecule has 0 aliphatic heterocycles. The van der Waals surface area contributed by atoms with Gasteiger partial charge in [-0.3, -0.25) is 4.79 Å². The van der Waals surface area contributed by atoms with E-state index < -0.39 is 0 Å². The third-order valence-electron chi connectivity index (χ3n) is 3.81. The number of carbonyl (C=O) groups excluding carboxylic acids is 1. The number of aromatic hydroxyl groups is 1. The third kappa shape index (κ3) is 3.62. The van der Waals surface area contributed by atoms with E-state index in [0.717, 1.165) is 14.7 Å². The summed E-state index contributed by atoms with van der Waals surface area (Å²) in [6.45, 7) is 12.2. The lowest BCUT2D eigenvalue weighted by Crippen LogP contribution is -2.19. The first-order chi connectivity index (χ1) is 10.4. The van der Waals surface area contributed by atoms with Crippen molar-refractivity contribution in [1.82, 2.24) is 0 Å². The van der Waals surface area contributed by atoms with Crippen LogP contribution in [0.25, 0.3) is 0 Å². The Bertz CT molecular complexity index is 708. The van der Waals surface area contributed by atoms with Crippen LogP contribution in [0.4, 0.5) is 0 Å². The summed E-state index contributed by atoms with van der Waals surface area (Å²) in [5.41, 5.74) is 1.56. The van der Waals surface area contributed by atoms with Crippen molar-refractivity contribution in [3.63, 3.8) is 0 Å². The normalized spacial score (nSPS) is 12.5. The van der Waals surface area contributed by atoms with E-state index >= 15 is 0 Å². The van der Waals surface area contributed by atoms with Gasteiger partial charge >= 0.3 is 0 Å². The lowest BCUT2D eigenvalue weighted by atomic mass is 9.78. The number of hydrogen-bond donors (Lipinski definition) is 1. The molecular weight excluding hydrogens is 403 g/mol. The first-order valence-electron chi connectivity index (χ1n) is 7.58. The molecule has 124 valence electrons. The third-order valence-corrected chi connectivity index (χ3v) is 4.66. The zero-order valence-electron chi connectivity index (χ0n) is 14.5. The van der Waals surface area contributed by atoms with Crippen molar-refractivity contribution in [3.8, 4) is 5.75 Å². The number of hydrogen-bond acceptors (Lipinski definition) is 3. The Balaban J connectivity index is 2.70. The minimum Gasteiger partial charge on any atom is -0.507 e. The molecule has 0 aliphatic rings. The summed E-state index contributed by atoms with van der Waals surface area (Å²) < 4.78 is 6.13. The van der Waals surface area contributed by atoms with Crippen molar-refractivity contribution >= 4 is 28.4 Å². The number of halogens is 1. The number of rotatable bonds is 2. The molecular formula is C19H23IO3. The van der Waals surface area contributed by atoms with Crippen LogP contribution in [0.1, 0.15) is 68.8 Å². The first kappa shape index (κ1) is 18.0. The number of ketones is 1. The van der Waals surface area contributed by atoms with E-state index in [1.807, 2.05) is 41.5 Å². The zero-order valence-corrected chi connectivity index (χ0v) is 16.6. The summed E-state index contributed by atoms with van der Waals surface area (Å²) in [5, 5.41) is 10.7. The van der Waals surface area contributed by atoms with Crippen molar-refractivity contribution in [3.05, 3.63) is 50.5 Å². The molecule has 0 aliphatic carbocycles. The van der Waals surface area contributed by atoms with Crippen molar-refractivity contribution in [1.29, 1.82) is 0 Å². The Kier molecular flexibility index (Phi) is 4.68. The number of furan rings is 1. The highest BCUT2D eigenvalue weighted by Gasteiger charge is 2.29. The van der Waals surface area contributed by atoms with E-state index in [1.54, 1.807) is 18.2 Å². The van der Waals surface area contributed by atoms with Gasteiger partial charge in [-0.2, -0.15) is 0 Å². The average Bonchev–Trinajstić information content (AvgIpc) is 2.81. The van der Waals surface area contributed by atoms with Gasteiger partial charge in [-0.25, -0.2) is 0 Å². The maximum absolute atomic E-state index is 12.8. The second kappa shape index (κ2) is 5.96. The molecule has 0 atom stereocenters. The molecule has 4 heteroatoms. The predicted octanol–water partition coefficient (Wildman–Crippen LogP) is 5.42. The van der Waals surface area contributed by atoms with Gasteiger partial charge in [0, 0.05) is 16.7 Å². The molecule has 2 aromatic rings. The van der Waals surface area contributed by atoms with E-state index in [0.29, 0.717) is 11.3 Å². The summed E-state index contributed by atoms with van der Waals surface area (Å²) in [6, 6.07) is 5.33. The van der Waals surface area contributed by atoms with Crippen LogP contribution < -0.4 is 0 Å². The van der Waals surface area contributed by atoms with Crippen LogP contribution in [0, 0.1) is 3.57 Å². The molecule has 23 heavy (non-hydrogen) atoms. The van der Waals surface area contributed by atoms with Crippen molar-refractivity contribution < 1.29 is 14.3 Å². The van der Waals surface area contributed by atoms with Gasteiger partial charge in [-0.1, -0.05) is 41.5 Å². The van der Waals surface area contributed by atoms with Crippen LogP contribution in [0.15, 0.2) is 28.9 Å². The zero-order chi connectivity index (χ0) is 17.6. The van der Waals surface area contributed by atoms with Crippen LogP contribution >= 0.6 is 22.6 Å². The highest BCUT2D eigenvalue weighted by atomic mass is 127. The fraction of sp³-hybridized carbons (Fsp3) is 0.421. The summed E-state index contributed by atoms with van der Waals surface area (Å²) in [6.07, 6.45) is 1.52. The second-order valence-electron chi connectivity index (χ2n) is 7.85. The van der Waals surface area contributed by atoms with E-state index in [9.17, 15) is 9.90 Å². The van der Waals surface area contributed by atoms with Gasteiger partial charge in [0.15, 0.2) is 5.76 Å². The van der Waals surface area contributed by atoms with E-state index in [4.69, 9.17) is 4.42 Å². The minimum atomic E-state index is -0.267. The average molecular weight is 426 g/mol. The molecule has 0 amide bonds. The van der Waals surface area contributed by atoms with Crippen LogP contribution in [-0.2, 0) is 10.8 Å². The molecule has 3 nitrogen and oxygen atoms in total. The number of phenols is 1. The monoisotopic (exact) mass is 426 g/mol. The first-order valence-corrected chi connectivity index (χ1v) is 8.66. The fourth-order valence-corrected chi connectivity index (χ4v) is 3.01. The predicted molar refractivity (Wildman–Crippen MR) is 100 cm³/mol. The van der Waals surface area contributed by atoms with E-state index in [-0.39, 0.29) is 22.4 Å². The highest BCUT2D eigenvalue weighted by Crippen LogP contribution is 2.40. The van der Waals surface area contributed by atoms with Gasteiger partial charge in [0.05, 0.1) is 9.83 Å². The summed E-state index contributed by atoms with van der Waals surface area (Å²) in [7, 11) is 0. The van der Waals surface area contributed by atoms with Crippen LogP contribution in [0.2, 0.25) is 0 Å². The van der Waals surface area contributed by atoms with Gasteiger partial charge in [0.2, 0.25) is 5.78 Å². The standard InChI is InChI=1S/C19H23IO3/c1-18(2,3)12-9-11(10-13(16(12)22)19(4,5)6)15(21)17-14(20)7-8-23-17/h7-10,22H,1-6H3. The Morgan fingerprint density at radius 1 is 1.04 bits per heavy atom. The Morgan fingerprint density at radius 3 is 1.87 bits per heavy atom. The van der Waals surface area contributed by atoms with Gasteiger partial charge in [-0.15, -0.1) is 0 Å². The molecule has 1 aromatic heterocycles. The Hall–Kier alpha value is -1.30. The molecule has 0 spiro atoms. The number of phenolic OH excluding ortho intramolecular Hbond substituents is 1. The van der Waals surface area contributed by atoms with Crippen LogP contribution in [0.3, 0.4) is 0 Å². The molecule has 2 rings (SSSR count). The van der Waals surface area contributed by atoms with Crippen LogP contribution in [-0.4, -0.2) is 10.9 Å². The van der Waals surface area contributed by atoms with Gasteiger partial charge < -0.3 is 9.52 Å². The topological polar surface area (TPSA) is 50.4 Å². The summed E-state index contributed by atoms with van der Waals surface area (Å²) in [4.78, 5) is 12.8. The molecule has 1 N–H and O–H groups in total. The Morgan fingerprint density at radius 2 is 1.52 bits per heavy atom. The number of benzene rings is 1. The second-order valence-corrected chi connectivity index (χ2v) is 9.01. The minimum absolute atomic E-state index is 0.157. The van der Waals surface area contributed by atoms with Crippen molar-refractivity contribution in [2.75, 3.05) is 0 Å². The molecule has 0 bridgehead atoms. The number of carbonyl (C=O) groups is 1. The summed E-state index contributed by atoms with van der Waals surface area (Å²) >= 11 is 2.09. The van der Waals surface area contributed by atoms with Gasteiger partial charge in [-0.05, 0) is 51.6 Å².